The summed E-state index contributed by atoms with van der Waals surface area (Å²) in [5, 5.41) is 3.38. The quantitative estimate of drug-likeness (QED) is 0.800. The number of aryl methyl sites for hydroxylation is 1. The number of benzene rings is 1. The van der Waals surface area contributed by atoms with Crippen molar-refractivity contribution >= 4 is 0 Å². The van der Waals surface area contributed by atoms with Crippen LogP contribution in [0.25, 0.3) is 0 Å². The van der Waals surface area contributed by atoms with Crippen LogP contribution in [-0.4, -0.2) is 12.6 Å². The molecule has 1 rings (SSSR count). The number of nitrogens with one attached hydrogen (secondary N) is 1. The fourth-order valence-electron chi connectivity index (χ4n) is 1.95. The average Bonchev–Trinajstić information content (AvgIpc) is 2.20. The smallest absolute Gasteiger partial charge is 0.0320 e. The van der Waals surface area contributed by atoms with Gasteiger partial charge in [-0.15, -0.1) is 0 Å². The first-order chi connectivity index (χ1) is 7.44. The van der Waals surface area contributed by atoms with Gasteiger partial charge in [0.25, 0.3) is 0 Å². The van der Waals surface area contributed by atoms with Crippen LogP contribution in [0.15, 0.2) is 24.3 Å². The van der Waals surface area contributed by atoms with Crippen LogP contribution in [0.4, 0.5) is 0 Å². The zero-order chi connectivity index (χ0) is 12.2. The third-order valence-corrected chi connectivity index (χ3v) is 2.99. The monoisotopic (exact) mass is 220 g/mol. The number of rotatable bonds is 5. The zero-order valence-electron chi connectivity index (χ0n) is 10.9. The van der Waals surface area contributed by atoms with Crippen molar-refractivity contribution in [2.24, 2.45) is 5.73 Å². The summed E-state index contributed by atoms with van der Waals surface area (Å²) in [5.74, 6) is 0. The maximum Gasteiger partial charge on any atom is 0.0320 e. The van der Waals surface area contributed by atoms with Gasteiger partial charge in [-0.2, -0.15) is 0 Å². The Morgan fingerprint density at radius 2 is 1.94 bits per heavy atom. The van der Waals surface area contributed by atoms with Crippen LogP contribution in [0.3, 0.4) is 0 Å². The third-order valence-electron chi connectivity index (χ3n) is 2.99. The lowest BCUT2D eigenvalue weighted by Crippen LogP contribution is -2.33. The molecular formula is C14H24N2. The van der Waals surface area contributed by atoms with E-state index in [1.165, 1.54) is 11.1 Å². The first-order valence-corrected chi connectivity index (χ1v) is 5.96. The highest BCUT2D eigenvalue weighted by Gasteiger charge is 2.16. The molecule has 2 heteroatoms. The van der Waals surface area contributed by atoms with Crippen molar-refractivity contribution in [1.82, 2.24) is 5.32 Å². The largest absolute Gasteiger partial charge is 0.326 e. The maximum atomic E-state index is 6.03. The van der Waals surface area contributed by atoms with Gasteiger partial charge in [-0.05, 0) is 51.8 Å². The van der Waals surface area contributed by atoms with Crippen molar-refractivity contribution in [2.45, 2.75) is 45.2 Å². The second kappa shape index (κ2) is 5.46. The number of nitrogens with two attached hydrogens (primary N) is 1. The van der Waals surface area contributed by atoms with Crippen LogP contribution in [0.1, 0.15) is 43.9 Å². The molecule has 2 nitrogen and oxygen atoms in total. The van der Waals surface area contributed by atoms with Crippen LogP contribution in [0.2, 0.25) is 0 Å². The van der Waals surface area contributed by atoms with E-state index in [1.807, 2.05) is 7.05 Å². The third kappa shape index (κ3) is 3.95. The lowest BCUT2D eigenvalue weighted by atomic mass is 9.92. The van der Waals surface area contributed by atoms with Gasteiger partial charge >= 0.3 is 0 Å². The van der Waals surface area contributed by atoms with E-state index < -0.39 is 0 Å². The van der Waals surface area contributed by atoms with Gasteiger partial charge in [0.05, 0.1) is 0 Å². The highest BCUT2D eigenvalue weighted by molar-refractivity contribution is 5.28. The Labute approximate surface area is 99.2 Å². The molecule has 1 unspecified atom stereocenters. The van der Waals surface area contributed by atoms with E-state index in [9.17, 15) is 0 Å². The molecule has 0 amide bonds. The van der Waals surface area contributed by atoms with E-state index in [4.69, 9.17) is 5.73 Å². The van der Waals surface area contributed by atoms with E-state index in [0.29, 0.717) is 6.04 Å². The predicted molar refractivity (Wildman–Crippen MR) is 70.5 cm³/mol. The molecule has 0 aliphatic rings. The normalized spacial score (nSPS) is 13.8. The Balaban J connectivity index is 2.72. The molecule has 0 bridgehead atoms. The van der Waals surface area contributed by atoms with Gasteiger partial charge in [0.15, 0.2) is 0 Å². The molecule has 0 aromatic heterocycles. The summed E-state index contributed by atoms with van der Waals surface area (Å²) in [6.45, 7) is 6.32. The molecule has 0 fully saturated rings. The molecular weight excluding hydrogens is 196 g/mol. The fraction of sp³-hybridized carbons (Fsp3) is 0.571. The van der Waals surface area contributed by atoms with Gasteiger partial charge in [0.2, 0.25) is 0 Å². The molecule has 0 saturated carbocycles. The van der Waals surface area contributed by atoms with Gasteiger partial charge in [-0.25, -0.2) is 0 Å². The first kappa shape index (κ1) is 13.2. The molecule has 0 heterocycles. The van der Waals surface area contributed by atoms with E-state index in [2.05, 4.69) is 50.4 Å². The summed E-state index contributed by atoms with van der Waals surface area (Å²) < 4.78 is 0. The molecule has 0 saturated heterocycles. The van der Waals surface area contributed by atoms with Crippen molar-refractivity contribution in [3.8, 4) is 0 Å². The van der Waals surface area contributed by atoms with Crippen LogP contribution < -0.4 is 11.1 Å². The highest BCUT2D eigenvalue weighted by Crippen LogP contribution is 2.23. The standard InChI is InChI=1S/C14H24N2/c1-11-7-5-6-8-12(11)13(16-4)9-10-14(2,3)15/h5-8,13,16H,9-10,15H2,1-4H3. The molecule has 0 aliphatic heterocycles. The van der Waals surface area contributed by atoms with Gasteiger partial charge in [-0.3, -0.25) is 0 Å². The summed E-state index contributed by atoms with van der Waals surface area (Å²) >= 11 is 0. The Morgan fingerprint density at radius 3 is 2.44 bits per heavy atom. The Bertz CT molecular complexity index is 326. The summed E-state index contributed by atoms with van der Waals surface area (Å²) in [4.78, 5) is 0. The predicted octanol–water partition coefficient (Wildman–Crippen LogP) is 2.77. The summed E-state index contributed by atoms with van der Waals surface area (Å²) in [6, 6.07) is 8.94. The highest BCUT2D eigenvalue weighted by atomic mass is 14.9. The second-order valence-electron chi connectivity index (χ2n) is 5.23. The molecule has 1 aromatic carbocycles. The SMILES string of the molecule is CNC(CCC(C)(C)N)c1ccccc1C. The maximum absolute atomic E-state index is 6.03. The second-order valence-corrected chi connectivity index (χ2v) is 5.23. The van der Waals surface area contributed by atoms with E-state index >= 15 is 0 Å². The Morgan fingerprint density at radius 1 is 1.31 bits per heavy atom. The van der Waals surface area contributed by atoms with E-state index in [0.717, 1.165) is 12.8 Å². The minimum atomic E-state index is -0.0855. The van der Waals surface area contributed by atoms with Crippen LogP contribution in [-0.2, 0) is 0 Å². The van der Waals surface area contributed by atoms with Crippen LogP contribution in [0, 0.1) is 6.92 Å². The van der Waals surface area contributed by atoms with Gasteiger partial charge in [0, 0.05) is 11.6 Å². The number of hydrogen-bond acceptors (Lipinski definition) is 2. The minimum absolute atomic E-state index is 0.0855. The summed E-state index contributed by atoms with van der Waals surface area (Å²) in [6.07, 6.45) is 2.09. The molecule has 3 N–H and O–H groups in total. The van der Waals surface area contributed by atoms with Crippen molar-refractivity contribution in [1.29, 1.82) is 0 Å². The Kier molecular flexibility index (Phi) is 4.51. The van der Waals surface area contributed by atoms with Crippen molar-refractivity contribution < 1.29 is 0 Å². The molecule has 90 valence electrons. The minimum Gasteiger partial charge on any atom is -0.326 e. The van der Waals surface area contributed by atoms with Gasteiger partial charge in [-0.1, -0.05) is 24.3 Å². The van der Waals surface area contributed by atoms with Crippen molar-refractivity contribution in [3.05, 3.63) is 35.4 Å². The fourth-order valence-corrected chi connectivity index (χ4v) is 1.95. The van der Waals surface area contributed by atoms with Gasteiger partial charge in [0.1, 0.15) is 0 Å². The van der Waals surface area contributed by atoms with Gasteiger partial charge < -0.3 is 11.1 Å². The topological polar surface area (TPSA) is 38.0 Å². The first-order valence-electron chi connectivity index (χ1n) is 5.96. The van der Waals surface area contributed by atoms with E-state index in [-0.39, 0.29) is 5.54 Å². The van der Waals surface area contributed by atoms with Crippen molar-refractivity contribution in [2.75, 3.05) is 7.05 Å². The van der Waals surface area contributed by atoms with Crippen molar-refractivity contribution in [3.63, 3.8) is 0 Å². The van der Waals surface area contributed by atoms with E-state index in [1.54, 1.807) is 0 Å². The molecule has 1 aromatic rings. The summed E-state index contributed by atoms with van der Waals surface area (Å²) in [5.41, 5.74) is 8.67. The molecule has 0 radical (unpaired) electrons. The lowest BCUT2D eigenvalue weighted by molar-refractivity contribution is 0.410. The molecule has 16 heavy (non-hydrogen) atoms. The number of hydrogen-bond donors (Lipinski definition) is 2. The Hall–Kier alpha value is -0.860. The van der Waals surface area contributed by atoms with Crippen LogP contribution in [0.5, 0.6) is 0 Å². The van der Waals surface area contributed by atoms with Crippen LogP contribution >= 0.6 is 0 Å². The molecule has 0 aliphatic carbocycles. The molecule has 1 atom stereocenters. The lowest BCUT2D eigenvalue weighted by Gasteiger charge is -2.24. The summed E-state index contributed by atoms with van der Waals surface area (Å²) in [7, 11) is 2.01. The zero-order valence-corrected chi connectivity index (χ0v) is 10.9. The average molecular weight is 220 g/mol. The molecule has 0 spiro atoms.